The van der Waals surface area contributed by atoms with Gasteiger partial charge in [-0.2, -0.15) is 5.10 Å². The summed E-state index contributed by atoms with van der Waals surface area (Å²) in [6.07, 6.45) is 1.45. The van der Waals surface area contributed by atoms with E-state index in [4.69, 9.17) is 14.2 Å². The van der Waals surface area contributed by atoms with Crippen molar-refractivity contribution >= 4 is 50.7 Å². The molecule has 0 aliphatic rings. The number of benzene rings is 3. The van der Waals surface area contributed by atoms with Gasteiger partial charge in [0.2, 0.25) is 5.75 Å². The van der Waals surface area contributed by atoms with Gasteiger partial charge < -0.3 is 14.2 Å². The van der Waals surface area contributed by atoms with Crippen molar-refractivity contribution < 1.29 is 19.0 Å². The van der Waals surface area contributed by atoms with E-state index in [0.29, 0.717) is 44.6 Å². The number of thioether (sulfide) groups is 1. The number of methoxy groups -OCH3 is 3. The molecule has 0 saturated carbocycles. The van der Waals surface area contributed by atoms with E-state index < -0.39 is 0 Å². The van der Waals surface area contributed by atoms with Gasteiger partial charge in [0, 0.05) is 10.0 Å². The number of hydrogen-bond acceptors (Lipinski definition) is 8. The summed E-state index contributed by atoms with van der Waals surface area (Å²) in [4.78, 5) is 30.5. The zero-order valence-electron chi connectivity index (χ0n) is 20.2. The largest absolute Gasteiger partial charge is 0.493 e. The lowest BCUT2D eigenvalue weighted by Crippen LogP contribution is -2.24. The Balaban J connectivity index is 1.54. The normalized spacial score (nSPS) is 11.0. The van der Waals surface area contributed by atoms with Gasteiger partial charge in [0.25, 0.3) is 11.5 Å². The molecule has 0 spiro atoms. The third kappa shape index (κ3) is 5.78. The Labute approximate surface area is 225 Å². The standard InChI is InChI=1S/C26H23BrN4O5S/c1-34-21-13-8-16(23(35-2)24(21)36-3)14-28-30-22(32)15-37-26-29-20-7-5-4-6-19(20)25(33)31(26)18-11-9-17(27)10-12-18/h4-14H,15H2,1-3H3,(H,30,32)/b28-14-. The van der Waals surface area contributed by atoms with Gasteiger partial charge in [-0.15, -0.1) is 0 Å². The number of ether oxygens (including phenoxy) is 3. The summed E-state index contributed by atoms with van der Waals surface area (Å²) in [6, 6.07) is 17.9. The molecule has 1 N–H and O–H groups in total. The Morgan fingerprint density at radius 3 is 2.46 bits per heavy atom. The molecule has 1 heterocycles. The number of nitrogens with one attached hydrogen (secondary N) is 1. The number of amides is 1. The summed E-state index contributed by atoms with van der Waals surface area (Å²) in [7, 11) is 4.55. The molecule has 0 atom stereocenters. The van der Waals surface area contributed by atoms with Crippen LogP contribution in [0, 0.1) is 0 Å². The van der Waals surface area contributed by atoms with Crippen molar-refractivity contribution in [2.75, 3.05) is 27.1 Å². The van der Waals surface area contributed by atoms with Crippen LogP contribution in [-0.2, 0) is 4.79 Å². The zero-order valence-corrected chi connectivity index (χ0v) is 22.6. The number of para-hydroxylation sites is 1. The van der Waals surface area contributed by atoms with E-state index in [2.05, 4.69) is 31.4 Å². The van der Waals surface area contributed by atoms with Crippen LogP contribution < -0.4 is 25.2 Å². The van der Waals surface area contributed by atoms with E-state index in [1.165, 1.54) is 32.1 Å². The molecular weight excluding hydrogens is 560 g/mol. The molecule has 0 aliphatic heterocycles. The van der Waals surface area contributed by atoms with Crippen molar-refractivity contribution in [3.05, 3.63) is 81.1 Å². The third-order valence-electron chi connectivity index (χ3n) is 5.29. The second-order valence-electron chi connectivity index (χ2n) is 7.53. The molecule has 190 valence electrons. The summed E-state index contributed by atoms with van der Waals surface area (Å²) in [6.45, 7) is 0. The molecule has 0 radical (unpaired) electrons. The van der Waals surface area contributed by atoms with Crippen molar-refractivity contribution in [3.8, 4) is 22.9 Å². The number of hydrogen-bond donors (Lipinski definition) is 1. The van der Waals surface area contributed by atoms with Crippen LogP contribution in [0.3, 0.4) is 0 Å². The molecule has 0 unspecified atom stereocenters. The lowest BCUT2D eigenvalue weighted by atomic mass is 10.2. The lowest BCUT2D eigenvalue weighted by molar-refractivity contribution is -0.118. The van der Waals surface area contributed by atoms with Crippen LogP contribution in [0.25, 0.3) is 16.6 Å². The SMILES string of the molecule is COc1ccc(/C=N\NC(=O)CSc2nc3ccccc3c(=O)n2-c2ccc(Br)cc2)c(OC)c1OC. The summed E-state index contributed by atoms with van der Waals surface area (Å²) in [5.74, 6) is 0.973. The number of aromatic nitrogens is 2. The fourth-order valence-corrected chi connectivity index (χ4v) is 4.66. The molecule has 1 aromatic heterocycles. The van der Waals surface area contributed by atoms with Crippen LogP contribution in [-0.4, -0.2) is 48.8 Å². The fraction of sp³-hybridized carbons (Fsp3) is 0.154. The van der Waals surface area contributed by atoms with Gasteiger partial charge in [0.15, 0.2) is 16.7 Å². The highest BCUT2D eigenvalue weighted by Gasteiger charge is 2.16. The first-order valence-corrected chi connectivity index (χ1v) is 12.8. The minimum absolute atomic E-state index is 0.0122. The topological polar surface area (TPSA) is 104 Å². The third-order valence-corrected chi connectivity index (χ3v) is 6.76. The van der Waals surface area contributed by atoms with E-state index in [9.17, 15) is 9.59 Å². The van der Waals surface area contributed by atoms with Crippen LogP contribution in [0.5, 0.6) is 17.2 Å². The number of carbonyl (C=O) groups is 1. The van der Waals surface area contributed by atoms with Crippen LogP contribution in [0.1, 0.15) is 5.56 Å². The van der Waals surface area contributed by atoms with E-state index in [0.717, 1.165) is 16.2 Å². The van der Waals surface area contributed by atoms with Crippen LogP contribution in [0.4, 0.5) is 0 Å². The first-order valence-electron chi connectivity index (χ1n) is 11.0. The number of halogens is 1. The number of rotatable bonds is 9. The second kappa shape index (κ2) is 11.9. The molecule has 1 amide bonds. The molecule has 4 aromatic rings. The maximum Gasteiger partial charge on any atom is 0.266 e. The number of hydrazone groups is 1. The van der Waals surface area contributed by atoms with Gasteiger partial charge in [-0.1, -0.05) is 39.8 Å². The molecule has 9 nitrogen and oxygen atoms in total. The van der Waals surface area contributed by atoms with Crippen LogP contribution in [0.2, 0.25) is 0 Å². The van der Waals surface area contributed by atoms with Gasteiger partial charge >= 0.3 is 0 Å². The van der Waals surface area contributed by atoms with Crippen molar-refractivity contribution in [2.24, 2.45) is 5.10 Å². The molecule has 4 rings (SSSR count). The average molecular weight is 583 g/mol. The van der Waals surface area contributed by atoms with Crippen molar-refractivity contribution in [2.45, 2.75) is 5.16 Å². The summed E-state index contributed by atoms with van der Waals surface area (Å²) >= 11 is 4.56. The predicted molar refractivity (Wildman–Crippen MR) is 148 cm³/mol. The lowest BCUT2D eigenvalue weighted by Gasteiger charge is -2.14. The van der Waals surface area contributed by atoms with Gasteiger partial charge in [-0.25, -0.2) is 10.4 Å². The van der Waals surface area contributed by atoms with E-state index in [1.807, 2.05) is 30.3 Å². The molecule has 0 fully saturated rings. The maximum atomic E-state index is 13.3. The van der Waals surface area contributed by atoms with E-state index in [1.54, 1.807) is 30.3 Å². The van der Waals surface area contributed by atoms with E-state index >= 15 is 0 Å². The number of carbonyl (C=O) groups excluding carboxylic acids is 1. The minimum atomic E-state index is -0.370. The highest BCUT2D eigenvalue weighted by Crippen LogP contribution is 2.39. The summed E-state index contributed by atoms with van der Waals surface area (Å²) in [5.41, 5.74) is 4.08. The summed E-state index contributed by atoms with van der Waals surface area (Å²) in [5, 5.41) is 4.93. The average Bonchev–Trinajstić information content (AvgIpc) is 2.92. The van der Waals surface area contributed by atoms with Crippen LogP contribution >= 0.6 is 27.7 Å². The van der Waals surface area contributed by atoms with Gasteiger partial charge in [0.1, 0.15) is 0 Å². The fourth-order valence-electron chi connectivity index (χ4n) is 3.59. The second-order valence-corrected chi connectivity index (χ2v) is 9.39. The highest BCUT2D eigenvalue weighted by atomic mass is 79.9. The Kier molecular flexibility index (Phi) is 8.47. The monoisotopic (exact) mass is 582 g/mol. The Morgan fingerprint density at radius 1 is 1.03 bits per heavy atom. The van der Waals surface area contributed by atoms with Crippen molar-refractivity contribution in [3.63, 3.8) is 0 Å². The Bertz CT molecular complexity index is 1520. The van der Waals surface area contributed by atoms with Crippen molar-refractivity contribution in [1.82, 2.24) is 15.0 Å². The molecule has 0 aliphatic carbocycles. The molecular formula is C26H23BrN4O5S. The first-order chi connectivity index (χ1) is 18.0. The Morgan fingerprint density at radius 2 is 1.76 bits per heavy atom. The van der Waals surface area contributed by atoms with Gasteiger partial charge in [-0.05, 0) is 48.5 Å². The zero-order chi connectivity index (χ0) is 26.4. The van der Waals surface area contributed by atoms with Gasteiger partial charge in [0.05, 0.1) is 49.9 Å². The smallest absolute Gasteiger partial charge is 0.266 e. The van der Waals surface area contributed by atoms with Crippen molar-refractivity contribution in [1.29, 1.82) is 0 Å². The molecule has 0 bridgehead atoms. The van der Waals surface area contributed by atoms with Gasteiger partial charge in [-0.3, -0.25) is 14.2 Å². The van der Waals surface area contributed by atoms with E-state index in [-0.39, 0.29) is 17.2 Å². The summed E-state index contributed by atoms with van der Waals surface area (Å²) < 4.78 is 18.5. The molecule has 37 heavy (non-hydrogen) atoms. The predicted octanol–water partition coefficient (Wildman–Crippen LogP) is 4.42. The molecule has 3 aromatic carbocycles. The molecule has 0 saturated heterocycles. The quantitative estimate of drug-likeness (QED) is 0.135. The first kappa shape index (κ1) is 26.2. The van der Waals surface area contributed by atoms with Crippen LogP contribution in [0.15, 0.2) is 80.2 Å². The Hall–Kier alpha value is -3.83. The molecule has 11 heteroatoms. The highest BCUT2D eigenvalue weighted by molar-refractivity contribution is 9.10. The number of nitrogens with zero attached hydrogens (tertiary/aromatic N) is 3. The minimum Gasteiger partial charge on any atom is -0.493 e. The number of fused-ring (bicyclic) bond motifs is 1. The maximum absolute atomic E-state index is 13.3.